The fourth-order valence-electron chi connectivity index (χ4n) is 3.06. The number of aliphatic hydroxyl groups is 3. The smallest absolute Gasteiger partial charge is 0.114 e. The predicted molar refractivity (Wildman–Crippen MR) is 94.9 cm³/mol. The van der Waals surface area contributed by atoms with Gasteiger partial charge in [-0.2, -0.15) is 0 Å². The number of ether oxygens (including phenoxy) is 2. The fraction of sp³-hybridized carbons (Fsp3) is 0.895. The van der Waals surface area contributed by atoms with Gasteiger partial charge in [0.15, 0.2) is 0 Å². The topological polar surface area (TPSA) is 79.2 Å². The Morgan fingerprint density at radius 3 is 2.12 bits per heavy atom. The van der Waals surface area contributed by atoms with Crippen molar-refractivity contribution in [1.29, 1.82) is 0 Å². The summed E-state index contributed by atoms with van der Waals surface area (Å²) in [6.45, 7) is 4.09. The van der Waals surface area contributed by atoms with E-state index in [-0.39, 0.29) is 13.2 Å². The molecule has 0 spiro atoms. The van der Waals surface area contributed by atoms with Gasteiger partial charge < -0.3 is 24.8 Å². The van der Waals surface area contributed by atoms with Crippen molar-refractivity contribution >= 4 is 0 Å². The van der Waals surface area contributed by atoms with Crippen molar-refractivity contribution in [3.63, 3.8) is 0 Å². The third-order valence-electron chi connectivity index (χ3n) is 4.62. The minimum atomic E-state index is -0.989. The van der Waals surface area contributed by atoms with Gasteiger partial charge in [-0.1, -0.05) is 51.0 Å². The molecule has 1 saturated heterocycles. The molecule has 0 aromatic heterocycles. The van der Waals surface area contributed by atoms with E-state index >= 15 is 0 Å². The first-order chi connectivity index (χ1) is 11.7. The van der Waals surface area contributed by atoms with Crippen LogP contribution in [0.15, 0.2) is 12.7 Å². The molecule has 0 amide bonds. The summed E-state index contributed by atoms with van der Waals surface area (Å²) in [6.07, 6.45) is 11.0. The lowest BCUT2D eigenvalue weighted by Gasteiger charge is -2.37. The third kappa shape index (κ3) is 8.58. The van der Waals surface area contributed by atoms with Gasteiger partial charge in [-0.25, -0.2) is 0 Å². The molecule has 0 radical (unpaired) electrons. The normalized spacial score (nSPS) is 27.3. The first-order valence-electron chi connectivity index (χ1n) is 9.51. The number of hydrogen-bond donors (Lipinski definition) is 3. The second-order valence-corrected chi connectivity index (χ2v) is 6.71. The lowest BCUT2D eigenvalue weighted by atomic mass is 10.0. The number of allylic oxidation sites excluding steroid dienone is 1. The second-order valence-electron chi connectivity index (χ2n) is 6.71. The van der Waals surface area contributed by atoms with E-state index in [0.717, 1.165) is 19.3 Å². The van der Waals surface area contributed by atoms with E-state index in [4.69, 9.17) is 9.47 Å². The second kappa shape index (κ2) is 13.8. The van der Waals surface area contributed by atoms with Crippen LogP contribution < -0.4 is 0 Å². The van der Waals surface area contributed by atoms with Crippen molar-refractivity contribution in [2.75, 3.05) is 19.8 Å². The number of aliphatic hydroxyl groups excluding tert-OH is 3. The number of rotatable bonds is 14. The average molecular weight is 344 g/mol. The van der Waals surface area contributed by atoms with E-state index in [0.29, 0.717) is 6.61 Å². The minimum absolute atomic E-state index is 0.0415. The van der Waals surface area contributed by atoms with Crippen molar-refractivity contribution in [3.8, 4) is 0 Å². The summed E-state index contributed by atoms with van der Waals surface area (Å²) in [7, 11) is 0. The van der Waals surface area contributed by atoms with Crippen molar-refractivity contribution in [1.82, 2.24) is 0 Å². The Balaban J connectivity index is 1.96. The van der Waals surface area contributed by atoms with Gasteiger partial charge in [0.2, 0.25) is 0 Å². The molecular weight excluding hydrogens is 308 g/mol. The average Bonchev–Trinajstić information content (AvgIpc) is 2.59. The Bertz CT molecular complexity index is 308. The van der Waals surface area contributed by atoms with Gasteiger partial charge in [-0.3, -0.25) is 0 Å². The zero-order valence-electron chi connectivity index (χ0n) is 14.9. The molecule has 3 N–H and O–H groups in total. The fourth-order valence-corrected chi connectivity index (χ4v) is 3.06. The minimum Gasteiger partial charge on any atom is -0.394 e. The Morgan fingerprint density at radius 1 is 0.958 bits per heavy atom. The molecule has 0 saturated carbocycles. The molecule has 5 heteroatoms. The highest BCUT2D eigenvalue weighted by atomic mass is 16.6. The summed E-state index contributed by atoms with van der Waals surface area (Å²) >= 11 is 0. The lowest BCUT2D eigenvalue weighted by Crippen LogP contribution is -2.55. The summed E-state index contributed by atoms with van der Waals surface area (Å²) in [4.78, 5) is 0. The van der Waals surface area contributed by atoms with E-state index in [1.807, 2.05) is 6.08 Å². The molecule has 0 unspecified atom stereocenters. The quantitative estimate of drug-likeness (QED) is 0.333. The zero-order valence-corrected chi connectivity index (χ0v) is 14.9. The Morgan fingerprint density at radius 2 is 1.54 bits per heavy atom. The third-order valence-corrected chi connectivity index (χ3v) is 4.62. The lowest BCUT2D eigenvalue weighted by molar-refractivity contribution is -0.211. The molecule has 0 aliphatic carbocycles. The van der Waals surface area contributed by atoms with Gasteiger partial charge in [0.1, 0.15) is 24.4 Å². The van der Waals surface area contributed by atoms with Crippen LogP contribution >= 0.6 is 0 Å². The van der Waals surface area contributed by atoms with Crippen molar-refractivity contribution in [2.45, 2.75) is 88.6 Å². The van der Waals surface area contributed by atoms with Gasteiger partial charge in [0.25, 0.3) is 0 Å². The number of unbranched alkanes of at least 4 members (excludes halogenated alkanes) is 9. The van der Waals surface area contributed by atoms with Crippen LogP contribution in [0.2, 0.25) is 0 Å². The summed E-state index contributed by atoms with van der Waals surface area (Å²) in [5, 5.41) is 28.8. The molecule has 4 atom stereocenters. The van der Waals surface area contributed by atoms with Gasteiger partial charge in [0, 0.05) is 6.61 Å². The summed E-state index contributed by atoms with van der Waals surface area (Å²) in [5.74, 6) is 0. The summed E-state index contributed by atoms with van der Waals surface area (Å²) < 4.78 is 10.9. The Hall–Kier alpha value is -0.460. The molecule has 0 aromatic carbocycles. The molecule has 1 rings (SSSR count). The van der Waals surface area contributed by atoms with Crippen molar-refractivity contribution < 1.29 is 24.8 Å². The maximum atomic E-state index is 9.94. The van der Waals surface area contributed by atoms with Gasteiger partial charge in [0.05, 0.1) is 13.2 Å². The van der Waals surface area contributed by atoms with E-state index in [2.05, 4.69) is 6.58 Å². The first-order valence-corrected chi connectivity index (χ1v) is 9.51. The summed E-state index contributed by atoms with van der Waals surface area (Å²) in [5.41, 5.74) is 0. The van der Waals surface area contributed by atoms with E-state index in [1.165, 1.54) is 44.9 Å². The van der Waals surface area contributed by atoms with Crippen LogP contribution in [0.1, 0.15) is 64.2 Å². The molecule has 1 aliphatic heterocycles. The number of hydrogen-bond acceptors (Lipinski definition) is 5. The Kier molecular flexibility index (Phi) is 12.4. The van der Waals surface area contributed by atoms with Crippen LogP contribution in [0.25, 0.3) is 0 Å². The van der Waals surface area contributed by atoms with Gasteiger partial charge in [-0.15, -0.1) is 6.58 Å². The summed E-state index contributed by atoms with van der Waals surface area (Å²) in [6, 6.07) is 0. The van der Waals surface area contributed by atoms with Crippen LogP contribution in [0.5, 0.6) is 0 Å². The molecule has 1 heterocycles. The Labute approximate surface area is 146 Å². The molecule has 24 heavy (non-hydrogen) atoms. The van der Waals surface area contributed by atoms with Crippen LogP contribution in [0, 0.1) is 0 Å². The molecule has 0 aromatic rings. The SMILES string of the molecule is C=CCCCCCCCCCCCO[C@@H]1[C@@H](O)[C@H](O)CO[C@H]1CO. The van der Waals surface area contributed by atoms with Crippen LogP contribution in [-0.2, 0) is 9.47 Å². The van der Waals surface area contributed by atoms with E-state index < -0.39 is 24.4 Å². The van der Waals surface area contributed by atoms with E-state index in [9.17, 15) is 15.3 Å². The van der Waals surface area contributed by atoms with Crippen LogP contribution in [0.3, 0.4) is 0 Å². The van der Waals surface area contributed by atoms with E-state index in [1.54, 1.807) is 0 Å². The molecule has 5 nitrogen and oxygen atoms in total. The van der Waals surface area contributed by atoms with Crippen LogP contribution in [0.4, 0.5) is 0 Å². The highest BCUT2D eigenvalue weighted by Crippen LogP contribution is 2.19. The maximum Gasteiger partial charge on any atom is 0.114 e. The van der Waals surface area contributed by atoms with Crippen molar-refractivity contribution in [3.05, 3.63) is 12.7 Å². The molecule has 1 fully saturated rings. The predicted octanol–water partition coefficient (Wildman–Crippen LogP) is 2.57. The molecular formula is C19H36O5. The first kappa shape index (κ1) is 21.6. The molecule has 0 bridgehead atoms. The highest BCUT2D eigenvalue weighted by Gasteiger charge is 2.39. The zero-order chi connectivity index (χ0) is 17.6. The van der Waals surface area contributed by atoms with Gasteiger partial charge >= 0.3 is 0 Å². The maximum absolute atomic E-state index is 9.94. The highest BCUT2D eigenvalue weighted by molar-refractivity contribution is 4.87. The van der Waals surface area contributed by atoms with Crippen molar-refractivity contribution in [2.24, 2.45) is 0 Å². The standard InChI is InChI=1S/C19H36O5/c1-2-3-4-5-6-7-8-9-10-11-12-13-23-19-17(14-20)24-15-16(21)18(19)22/h2,16-22H,1,3-15H2/t16-,17+,18+,19+/m1/s1. The van der Waals surface area contributed by atoms with Gasteiger partial charge in [-0.05, 0) is 19.3 Å². The molecule has 142 valence electrons. The largest absolute Gasteiger partial charge is 0.394 e. The van der Waals surface area contributed by atoms with Crippen LogP contribution in [-0.4, -0.2) is 59.6 Å². The molecule has 1 aliphatic rings. The monoisotopic (exact) mass is 344 g/mol.